The Labute approximate surface area is 440 Å². The van der Waals surface area contributed by atoms with Gasteiger partial charge >= 0.3 is 0 Å². The summed E-state index contributed by atoms with van der Waals surface area (Å²) in [5.74, 6) is 1.72. The smallest absolute Gasteiger partial charge is 0.242 e. The topological polar surface area (TPSA) is 45.7 Å². The number of para-hydroxylation sites is 6. The maximum Gasteiger partial charge on any atom is 0.242 e. The molecule has 73 heavy (non-hydrogen) atoms. The average molecular weight is 1130 g/mol. The van der Waals surface area contributed by atoms with Gasteiger partial charge in [0.2, 0.25) is 6.33 Å². The first-order chi connectivity index (χ1) is 36.5. The standard InChI is InChI=1S/C65H46N6O.Pt/c1-65(2,3)42-36-37-66-61(38-42)71-57-30-15-10-24-49(57)51-33-32-46(40-60(51)71)72-45-21-16-20-44(39-45)68-41-67(4)63-53(26-17-31-59(63)68)62-58(70-55-28-13-8-22-47(55)48-23-9-14-29-56(48)70)35-34-52-50-25-11-12-27-54(50)69(64(52)62)43-18-6-5-7-19-43;/h5-38H,1-4H3;/q-2;/i4D3;. The number of hydrogen-bond acceptors (Lipinski definition) is 2. The van der Waals surface area contributed by atoms with Crippen LogP contribution in [-0.4, -0.2) is 23.3 Å². The second-order valence-corrected chi connectivity index (χ2v) is 19.5. The summed E-state index contributed by atoms with van der Waals surface area (Å²) in [5, 5.41) is 6.49. The molecule has 0 fully saturated rings. The number of aromatic nitrogens is 6. The first-order valence-electron chi connectivity index (χ1n) is 25.7. The minimum Gasteiger partial charge on any atom is -0.510 e. The fourth-order valence-corrected chi connectivity index (χ4v) is 11.0. The predicted molar refractivity (Wildman–Crippen MR) is 292 cm³/mol. The summed E-state index contributed by atoms with van der Waals surface area (Å²) < 4.78 is 44.0. The molecule has 0 amide bonds. The number of nitrogens with zero attached hydrogens (tertiary/aromatic N) is 6. The van der Waals surface area contributed by atoms with Gasteiger partial charge in [0.15, 0.2) is 0 Å². The third kappa shape index (κ3) is 6.98. The molecule has 0 aliphatic carbocycles. The van der Waals surface area contributed by atoms with Crippen LogP contribution in [0.2, 0.25) is 0 Å². The van der Waals surface area contributed by atoms with Crippen molar-refractivity contribution in [2.45, 2.75) is 26.2 Å². The maximum absolute atomic E-state index is 9.14. The molecule has 7 nitrogen and oxygen atoms in total. The minimum absolute atomic E-state index is 0. The third-order valence-corrected chi connectivity index (χ3v) is 14.2. The molecule has 354 valence electrons. The first-order valence-corrected chi connectivity index (χ1v) is 24.2. The van der Waals surface area contributed by atoms with E-state index in [9.17, 15) is 0 Å². The van der Waals surface area contributed by atoms with Crippen molar-refractivity contribution in [3.63, 3.8) is 0 Å². The van der Waals surface area contributed by atoms with E-state index in [1.165, 1.54) is 10.1 Å². The first kappa shape index (κ1) is 41.1. The van der Waals surface area contributed by atoms with E-state index in [0.29, 0.717) is 28.2 Å². The van der Waals surface area contributed by atoms with Gasteiger partial charge in [-0.1, -0.05) is 147 Å². The second kappa shape index (κ2) is 17.1. The molecule has 0 aliphatic rings. The fourth-order valence-electron chi connectivity index (χ4n) is 11.0. The number of fused-ring (bicyclic) bond motifs is 10. The molecule has 0 saturated heterocycles. The molecule has 0 N–H and O–H groups in total. The Morgan fingerprint density at radius 3 is 1.82 bits per heavy atom. The molecule has 5 heterocycles. The second-order valence-electron chi connectivity index (χ2n) is 19.5. The molecule has 0 bridgehead atoms. The summed E-state index contributed by atoms with van der Waals surface area (Å²) in [7, 11) is 0. The zero-order valence-electron chi connectivity index (χ0n) is 43.0. The Balaban J connectivity index is 0.00000553. The van der Waals surface area contributed by atoms with E-state index >= 15 is 0 Å². The van der Waals surface area contributed by atoms with Gasteiger partial charge in [-0.2, -0.15) is 18.2 Å². The van der Waals surface area contributed by atoms with Gasteiger partial charge in [-0.15, -0.1) is 29.7 Å². The Hall–Kier alpha value is -8.51. The van der Waals surface area contributed by atoms with Crippen molar-refractivity contribution in [3.05, 3.63) is 230 Å². The summed E-state index contributed by atoms with van der Waals surface area (Å²) in [6, 6.07) is 75.5. The van der Waals surface area contributed by atoms with Gasteiger partial charge < -0.3 is 27.6 Å². The molecule has 0 saturated carbocycles. The van der Waals surface area contributed by atoms with Crippen molar-refractivity contribution < 1.29 is 34.5 Å². The van der Waals surface area contributed by atoms with Crippen molar-refractivity contribution in [2.75, 3.05) is 0 Å². The van der Waals surface area contributed by atoms with E-state index < -0.39 is 6.98 Å². The molecule has 14 rings (SSSR count). The van der Waals surface area contributed by atoms with Gasteiger partial charge in [0.05, 0.1) is 49.9 Å². The van der Waals surface area contributed by atoms with E-state index in [0.717, 1.165) is 93.7 Å². The number of ether oxygens (including phenoxy) is 1. The summed E-state index contributed by atoms with van der Waals surface area (Å²) in [6.45, 7) is 3.97. The van der Waals surface area contributed by atoms with Crippen LogP contribution in [0.3, 0.4) is 0 Å². The van der Waals surface area contributed by atoms with Crippen LogP contribution in [0.15, 0.2) is 206 Å². The van der Waals surface area contributed by atoms with Gasteiger partial charge in [-0.05, 0) is 76.5 Å². The molecule has 9 aromatic carbocycles. The summed E-state index contributed by atoms with van der Waals surface area (Å²) >= 11 is 0. The van der Waals surface area contributed by atoms with Crippen molar-refractivity contribution in [1.82, 2.24) is 23.3 Å². The van der Waals surface area contributed by atoms with Gasteiger partial charge in [-0.25, -0.2) is 4.98 Å². The monoisotopic (exact) mass is 1120 g/mol. The normalized spacial score (nSPS) is 12.8. The molecular weight excluding hydrogens is 1080 g/mol. The van der Waals surface area contributed by atoms with Crippen LogP contribution in [-0.2, 0) is 33.5 Å². The average Bonchev–Trinajstić information content (AvgIpc) is 4.19. The van der Waals surface area contributed by atoms with Crippen LogP contribution in [0.1, 0.15) is 30.4 Å². The zero-order valence-corrected chi connectivity index (χ0v) is 42.3. The quantitative estimate of drug-likeness (QED) is 0.118. The van der Waals surface area contributed by atoms with Gasteiger partial charge in [0, 0.05) is 77.1 Å². The van der Waals surface area contributed by atoms with Crippen LogP contribution in [0.25, 0.3) is 110 Å². The molecule has 0 aliphatic heterocycles. The van der Waals surface area contributed by atoms with E-state index in [1.54, 1.807) is 4.57 Å². The van der Waals surface area contributed by atoms with E-state index in [4.69, 9.17) is 13.8 Å². The van der Waals surface area contributed by atoms with Crippen LogP contribution in [0.4, 0.5) is 0 Å². The van der Waals surface area contributed by atoms with Crippen LogP contribution in [0.5, 0.6) is 11.5 Å². The molecule has 0 atom stereocenters. The van der Waals surface area contributed by atoms with Crippen LogP contribution >= 0.6 is 0 Å². The number of pyridine rings is 1. The molecule has 8 heteroatoms. The Morgan fingerprint density at radius 1 is 0.534 bits per heavy atom. The van der Waals surface area contributed by atoms with Gasteiger partial charge in [-0.3, -0.25) is 0 Å². The van der Waals surface area contributed by atoms with Crippen molar-refractivity contribution in [1.29, 1.82) is 0 Å². The van der Waals surface area contributed by atoms with E-state index in [-0.39, 0.29) is 26.5 Å². The number of imidazole rings is 1. The SMILES string of the molecule is [2H]C([2H])([2H])[n+]1[c-]n(-c2[c-]c(Oc3[c-]c4c(cc3)c3ccccc3n4-c3cc(C(C)(C)C)ccn3)ccc2)c2cccc(-c3c(-n4c5ccccc5c5ccccc54)ccc4c5ccccc5n(-c5ccccc5)c34)c21.[Pt]. The minimum atomic E-state index is -2.63. The van der Waals surface area contributed by atoms with Gasteiger partial charge in [0.1, 0.15) is 5.82 Å². The third-order valence-electron chi connectivity index (χ3n) is 14.2. The fraction of sp³-hybridized carbons (Fsp3) is 0.0769. The predicted octanol–water partition coefficient (Wildman–Crippen LogP) is 15.3. The summed E-state index contributed by atoms with van der Waals surface area (Å²) in [5.41, 5.74) is 12.2. The van der Waals surface area contributed by atoms with E-state index in [2.05, 4.69) is 192 Å². The Kier molecular flexibility index (Phi) is 9.62. The number of aryl methyl sites for hydroxylation is 1. The number of rotatable bonds is 7. The Morgan fingerprint density at radius 2 is 1.12 bits per heavy atom. The molecule has 0 radical (unpaired) electrons. The molecule has 14 aromatic rings. The van der Waals surface area contributed by atoms with Gasteiger partial charge in [0.25, 0.3) is 0 Å². The largest absolute Gasteiger partial charge is 0.510 e. The zero-order chi connectivity index (χ0) is 50.7. The van der Waals surface area contributed by atoms with E-state index in [1.807, 2.05) is 66.9 Å². The van der Waals surface area contributed by atoms with Crippen molar-refractivity contribution in [3.8, 4) is 45.5 Å². The summed E-state index contributed by atoms with van der Waals surface area (Å²) in [4.78, 5) is 4.85. The van der Waals surface area contributed by atoms with Crippen LogP contribution < -0.4 is 9.30 Å². The van der Waals surface area contributed by atoms with Crippen LogP contribution in [0, 0.1) is 18.5 Å². The molecular formula is C65H46N6OPt-2. The molecule has 5 aromatic heterocycles. The Bertz CT molecular complexity index is 4560. The number of benzene rings is 9. The van der Waals surface area contributed by atoms with Crippen molar-refractivity contribution >= 4 is 76.5 Å². The van der Waals surface area contributed by atoms with Crippen molar-refractivity contribution in [2.24, 2.45) is 6.98 Å². The molecule has 0 unspecified atom stereocenters. The maximum atomic E-state index is 9.14. The number of hydrogen-bond donors (Lipinski definition) is 0. The molecule has 0 spiro atoms. The summed E-state index contributed by atoms with van der Waals surface area (Å²) in [6.07, 6.45) is 5.18.